The molecule has 0 atom stereocenters. The molecule has 0 bridgehead atoms. The van der Waals surface area contributed by atoms with Crippen LogP contribution in [-0.2, 0) is 17.1 Å². The maximum atomic E-state index is 8.36. The van der Waals surface area contributed by atoms with Crippen LogP contribution in [0.4, 0.5) is 0 Å². The molecule has 12 nitrogen and oxygen atoms in total. The molecule has 0 saturated carbocycles. The third kappa shape index (κ3) is 45.5. The van der Waals surface area contributed by atoms with Crippen LogP contribution >= 0.6 is 0 Å². The summed E-state index contributed by atoms with van der Waals surface area (Å²) in [5.41, 5.74) is 0. The molecule has 0 unspecified atom stereocenters. The molecule has 1 aliphatic heterocycles. The molecule has 0 aromatic carbocycles. The van der Waals surface area contributed by atoms with Gasteiger partial charge in [0.05, 0.1) is 0 Å². The molecule has 0 aliphatic carbocycles. The van der Waals surface area contributed by atoms with Crippen molar-refractivity contribution in [1.29, 1.82) is 0 Å². The van der Waals surface area contributed by atoms with Crippen molar-refractivity contribution in [2.24, 2.45) is 0 Å². The maximum Gasteiger partial charge on any atom is 0.291 e. The molecule has 0 aromatic rings. The Morgan fingerprint density at radius 1 is 0.619 bits per heavy atom. The Morgan fingerprint density at radius 3 is 0.810 bits per heavy atom. The molecule has 0 aromatic heterocycles. The van der Waals surface area contributed by atoms with Gasteiger partial charge in [-0.25, -0.2) is 0 Å². The van der Waals surface area contributed by atoms with Gasteiger partial charge in [-0.15, -0.1) is 20.2 Å². The standard InChI is InChI=1S/C8H16N4.Cu.2HNO3/c1-2-10-5-6-12-8-7-11-4-3-9-1;;2*2-1(3)4/h1-8H2;;2*(H,2,3,4)/q-4;;;. The van der Waals surface area contributed by atoms with E-state index >= 15 is 0 Å². The molecule has 1 fully saturated rings. The minimum atomic E-state index is -1.50. The fourth-order valence-electron chi connectivity index (χ4n) is 1.01. The van der Waals surface area contributed by atoms with E-state index < -0.39 is 10.2 Å². The summed E-state index contributed by atoms with van der Waals surface area (Å²) in [7, 11) is 0. The first-order valence-corrected chi connectivity index (χ1v) is 5.66. The number of nitrogens with zero attached hydrogens (tertiary/aromatic N) is 6. The average molecular weight is 358 g/mol. The molecule has 21 heavy (non-hydrogen) atoms. The molecule has 1 heterocycles. The van der Waals surface area contributed by atoms with E-state index in [1.165, 1.54) is 0 Å². The van der Waals surface area contributed by atoms with Gasteiger partial charge in [-0.3, -0.25) is 0 Å². The van der Waals surface area contributed by atoms with Crippen molar-refractivity contribution in [3.05, 3.63) is 41.5 Å². The quantitative estimate of drug-likeness (QED) is 0.366. The Hall–Kier alpha value is -1.24. The number of hydrogen-bond donors (Lipinski definition) is 2. The Balaban J connectivity index is -0.000000304. The van der Waals surface area contributed by atoms with Crippen molar-refractivity contribution in [2.45, 2.75) is 0 Å². The topological polar surface area (TPSA) is 183 Å². The first kappa shape index (κ1) is 24.8. The van der Waals surface area contributed by atoms with E-state index in [0.29, 0.717) is 0 Å². The molecule has 1 rings (SSSR count). The number of hydrogen-bond acceptors (Lipinski definition) is 4. The van der Waals surface area contributed by atoms with Gasteiger partial charge in [0.2, 0.25) is 0 Å². The SMILES string of the molecule is C1C[N-]CC[N-]CC[N-]CC[N-]1.O=[N+]([O-])O.O=[N+]([O-])O.[Cu]. The van der Waals surface area contributed by atoms with Crippen molar-refractivity contribution in [3.63, 3.8) is 0 Å². The normalized spacial score (nSPS) is 16.0. The molecular formula is C8H18CuN6O6-4. The van der Waals surface area contributed by atoms with Crippen molar-refractivity contribution in [3.8, 4) is 0 Å². The van der Waals surface area contributed by atoms with E-state index in [1.54, 1.807) is 0 Å². The van der Waals surface area contributed by atoms with Crippen LogP contribution in [0.2, 0.25) is 0 Å². The predicted octanol–water partition coefficient (Wildman–Crippen LogP) is 0.797. The zero-order chi connectivity index (χ0) is 15.6. The largest absolute Gasteiger partial charge is 0.665 e. The predicted molar refractivity (Wildman–Crippen MR) is 69.9 cm³/mol. The van der Waals surface area contributed by atoms with Crippen LogP contribution in [0.1, 0.15) is 0 Å². The van der Waals surface area contributed by atoms with Gasteiger partial charge in [0.15, 0.2) is 0 Å². The van der Waals surface area contributed by atoms with Crippen molar-refractivity contribution >= 4 is 0 Å². The minimum absolute atomic E-state index is 0. The van der Waals surface area contributed by atoms with Gasteiger partial charge in [0, 0.05) is 17.1 Å². The monoisotopic (exact) mass is 357 g/mol. The molecule has 2 N–H and O–H groups in total. The summed E-state index contributed by atoms with van der Waals surface area (Å²) in [4.78, 5) is 16.7. The van der Waals surface area contributed by atoms with E-state index in [1.807, 2.05) is 0 Å². The molecule has 0 spiro atoms. The van der Waals surface area contributed by atoms with Crippen LogP contribution in [0.5, 0.6) is 0 Å². The zero-order valence-electron chi connectivity index (χ0n) is 11.2. The fourth-order valence-corrected chi connectivity index (χ4v) is 1.01. The minimum Gasteiger partial charge on any atom is -0.665 e. The molecule has 1 saturated heterocycles. The van der Waals surface area contributed by atoms with E-state index in [0.717, 1.165) is 52.4 Å². The van der Waals surface area contributed by atoms with Crippen LogP contribution in [0.25, 0.3) is 21.3 Å². The van der Waals surface area contributed by atoms with Crippen LogP contribution in [0.15, 0.2) is 0 Å². The summed E-state index contributed by atoms with van der Waals surface area (Å²) in [6, 6.07) is 0. The summed E-state index contributed by atoms with van der Waals surface area (Å²) >= 11 is 0. The van der Waals surface area contributed by atoms with Gasteiger partial charge >= 0.3 is 0 Å². The van der Waals surface area contributed by atoms with Gasteiger partial charge in [0.1, 0.15) is 0 Å². The third-order valence-electron chi connectivity index (χ3n) is 1.66. The van der Waals surface area contributed by atoms with Crippen LogP contribution < -0.4 is 0 Å². The zero-order valence-corrected chi connectivity index (χ0v) is 12.1. The van der Waals surface area contributed by atoms with Gasteiger partial charge < -0.3 is 31.7 Å². The van der Waals surface area contributed by atoms with Crippen molar-refractivity contribution in [2.75, 3.05) is 52.4 Å². The maximum absolute atomic E-state index is 8.36. The Kier molecular flexibility index (Phi) is 24.8. The summed E-state index contributed by atoms with van der Waals surface area (Å²) in [6.45, 7) is 6.85. The number of rotatable bonds is 0. The summed E-state index contributed by atoms with van der Waals surface area (Å²) in [6.07, 6.45) is 0. The van der Waals surface area contributed by atoms with E-state index in [4.69, 9.17) is 30.6 Å². The molecule has 1 radical (unpaired) electrons. The first-order valence-electron chi connectivity index (χ1n) is 5.66. The Bertz CT molecular complexity index is 186. The van der Waals surface area contributed by atoms with Gasteiger partial charge in [0.25, 0.3) is 10.2 Å². The molecular weight excluding hydrogens is 340 g/mol. The third-order valence-corrected chi connectivity index (χ3v) is 1.66. The molecule has 1 aliphatic rings. The fraction of sp³-hybridized carbons (Fsp3) is 1.00. The van der Waals surface area contributed by atoms with Gasteiger partial charge in [-0.2, -0.15) is 52.4 Å². The molecule has 131 valence electrons. The second-order valence-corrected chi connectivity index (χ2v) is 3.16. The van der Waals surface area contributed by atoms with Crippen molar-refractivity contribution in [1.82, 2.24) is 0 Å². The van der Waals surface area contributed by atoms with Crippen LogP contribution in [0.3, 0.4) is 0 Å². The molecule has 13 heteroatoms. The van der Waals surface area contributed by atoms with Gasteiger partial charge in [-0.1, -0.05) is 0 Å². The second kappa shape index (κ2) is 21.1. The Labute approximate surface area is 132 Å². The van der Waals surface area contributed by atoms with Gasteiger partial charge in [-0.05, 0) is 0 Å². The van der Waals surface area contributed by atoms with Crippen LogP contribution in [0, 0.1) is 20.2 Å². The smallest absolute Gasteiger partial charge is 0.291 e. The van der Waals surface area contributed by atoms with Crippen LogP contribution in [-0.4, -0.2) is 72.9 Å². The second-order valence-electron chi connectivity index (χ2n) is 3.16. The summed E-state index contributed by atoms with van der Waals surface area (Å²) in [5, 5.41) is 44.4. The molecule has 0 amide bonds. The van der Waals surface area contributed by atoms with E-state index in [9.17, 15) is 0 Å². The van der Waals surface area contributed by atoms with E-state index in [2.05, 4.69) is 21.3 Å². The average Bonchev–Trinajstić information content (AvgIpc) is 2.28. The van der Waals surface area contributed by atoms with E-state index in [-0.39, 0.29) is 17.1 Å². The summed E-state index contributed by atoms with van der Waals surface area (Å²) in [5.74, 6) is 0. The Morgan fingerprint density at radius 2 is 0.714 bits per heavy atom. The van der Waals surface area contributed by atoms with Crippen molar-refractivity contribution < 1.29 is 37.7 Å². The first-order chi connectivity index (χ1) is 9.46. The summed E-state index contributed by atoms with van der Waals surface area (Å²) < 4.78 is 0.